The van der Waals surface area contributed by atoms with Gasteiger partial charge in [0.1, 0.15) is 0 Å². The largest absolute Gasteiger partial charge is 0.336 e. The van der Waals surface area contributed by atoms with Crippen LogP contribution in [0.2, 0.25) is 1.41 Å². The van der Waals surface area contributed by atoms with Gasteiger partial charge in [-0.1, -0.05) is 0 Å². The lowest BCUT2D eigenvalue weighted by molar-refractivity contribution is 0.248. The van der Waals surface area contributed by atoms with E-state index in [1.54, 1.807) is 0 Å². The van der Waals surface area contributed by atoms with Crippen molar-refractivity contribution in [1.82, 2.24) is 10.6 Å². The molecule has 1 aliphatic rings. The van der Waals surface area contributed by atoms with E-state index in [9.17, 15) is 4.79 Å². The Morgan fingerprint density at radius 2 is 2.67 bits per heavy atom. The number of amides is 2. The molecule has 0 unspecified atom stereocenters. The first-order chi connectivity index (χ1) is 3.30. The highest BCUT2D eigenvalue weighted by Crippen LogP contribution is 1.69. The molecule has 1 rings (SSSR count). The highest BCUT2D eigenvalue weighted by atomic mass is 16.2. The van der Waals surface area contributed by atoms with Crippen molar-refractivity contribution in [3.63, 3.8) is 0 Å². The van der Waals surface area contributed by atoms with Crippen molar-refractivity contribution in [2.75, 3.05) is 13.1 Å². The molecular formula is C3H6N2O. The molecule has 6 heavy (non-hydrogen) atoms. The SMILES string of the molecule is [2H]N1CCNC1=O. The predicted octanol–water partition coefficient (Wildman–Crippen LogP) is -0.701. The summed E-state index contributed by atoms with van der Waals surface area (Å²) < 4.78 is 6.76. The van der Waals surface area contributed by atoms with Crippen LogP contribution in [0, 0.1) is 0 Å². The fourth-order valence-electron chi connectivity index (χ4n) is 0.376. The number of hydrogen-bond donors (Lipinski definition) is 2. The van der Waals surface area contributed by atoms with Gasteiger partial charge in [-0.3, -0.25) is 0 Å². The van der Waals surface area contributed by atoms with Crippen molar-refractivity contribution in [3.8, 4) is 0 Å². The minimum absolute atomic E-state index is 0.292. The summed E-state index contributed by atoms with van der Waals surface area (Å²) in [4.78, 5) is 10.2. The van der Waals surface area contributed by atoms with Crippen LogP contribution in [0.25, 0.3) is 0 Å². The molecule has 34 valence electrons. The van der Waals surface area contributed by atoms with Gasteiger partial charge in [0.25, 0.3) is 0 Å². The Bertz CT molecular complexity index is 94.9. The van der Waals surface area contributed by atoms with Gasteiger partial charge < -0.3 is 10.6 Å². The molecule has 0 atom stereocenters. The molecule has 2 amide bonds. The van der Waals surface area contributed by atoms with Gasteiger partial charge in [-0.2, -0.15) is 0 Å². The summed E-state index contributed by atoms with van der Waals surface area (Å²) in [6.07, 6.45) is 0. The maximum atomic E-state index is 10.2. The Morgan fingerprint density at radius 3 is 2.83 bits per heavy atom. The maximum Gasteiger partial charge on any atom is 0.314 e. The van der Waals surface area contributed by atoms with Crippen LogP contribution in [0.3, 0.4) is 0 Å². The number of nitrogens with one attached hydrogen (secondary N) is 2. The summed E-state index contributed by atoms with van der Waals surface area (Å²) >= 11 is 0. The van der Waals surface area contributed by atoms with Gasteiger partial charge in [0.2, 0.25) is 0 Å². The third-order valence-corrected chi connectivity index (χ3v) is 0.643. The lowest BCUT2D eigenvalue weighted by Crippen LogP contribution is -2.20. The van der Waals surface area contributed by atoms with Crippen LogP contribution in [0.1, 0.15) is 0 Å². The van der Waals surface area contributed by atoms with E-state index in [1.807, 2.05) is 0 Å². The lowest BCUT2D eigenvalue weighted by atomic mass is 10.7. The van der Waals surface area contributed by atoms with Crippen LogP contribution in [0.4, 0.5) is 4.79 Å². The molecule has 0 bridgehead atoms. The second-order valence-electron chi connectivity index (χ2n) is 1.11. The molecule has 0 radical (unpaired) electrons. The first-order valence-electron chi connectivity index (χ1n) is 2.29. The summed E-state index contributed by atoms with van der Waals surface area (Å²) in [5, 5.41) is 3.37. The van der Waals surface area contributed by atoms with Crippen molar-refractivity contribution >= 4 is 6.03 Å². The van der Waals surface area contributed by atoms with E-state index in [-0.39, 0.29) is 6.03 Å². The molecule has 2 N–H and O–H groups in total. The monoisotopic (exact) mass is 87.1 g/mol. The summed E-state index contributed by atoms with van der Waals surface area (Å²) in [5.41, 5.74) is 0. The molecule has 0 aliphatic carbocycles. The van der Waals surface area contributed by atoms with Crippen LogP contribution in [-0.4, -0.2) is 19.1 Å². The number of rotatable bonds is 0. The zero-order chi connectivity index (χ0) is 5.28. The number of carbonyl (C=O) groups is 1. The molecule has 1 heterocycles. The highest BCUT2D eigenvalue weighted by Gasteiger charge is 2.02. The minimum atomic E-state index is -0.292. The van der Waals surface area contributed by atoms with E-state index in [1.165, 1.54) is 0 Å². The smallest absolute Gasteiger partial charge is 0.314 e. The fraction of sp³-hybridized carbons (Fsp3) is 0.667. The summed E-state index contributed by atoms with van der Waals surface area (Å²) in [6, 6.07) is -0.292. The van der Waals surface area contributed by atoms with Crippen LogP contribution in [0.15, 0.2) is 0 Å². The van der Waals surface area contributed by atoms with Gasteiger partial charge in [0.05, 0.1) is 0 Å². The zero-order valence-electron chi connectivity index (χ0n) is 4.27. The van der Waals surface area contributed by atoms with Gasteiger partial charge in [0, 0.05) is 13.1 Å². The maximum absolute atomic E-state index is 10.2. The third kappa shape index (κ3) is 0.429. The topological polar surface area (TPSA) is 41.1 Å². The van der Waals surface area contributed by atoms with Crippen LogP contribution in [-0.2, 0) is 0 Å². The number of urea groups is 1. The molecule has 3 nitrogen and oxygen atoms in total. The van der Waals surface area contributed by atoms with Crippen LogP contribution < -0.4 is 10.6 Å². The van der Waals surface area contributed by atoms with Gasteiger partial charge >= 0.3 is 6.03 Å². The average Bonchev–Trinajstić information content (AvgIpc) is 1.91. The van der Waals surface area contributed by atoms with Crippen LogP contribution in [0.5, 0.6) is 0 Å². The van der Waals surface area contributed by atoms with Gasteiger partial charge in [0.15, 0.2) is 1.41 Å². The van der Waals surface area contributed by atoms with Gasteiger partial charge in [-0.15, -0.1) is 0 Å². The molecule has 1 aliphatic heterocycles. The zero-order valence-corrected chi connectivity index (χ0v) is 3.27. The first kappa shape index (κ1) is 2.44. The van der Waals surface area contributed by atoms with E-state index in [2.05, 4.69) is 5.32 Å². The normalized spacial score (nSPS) is 23.7. The molecule has 0 aromatic rings. The standard InChI is InChI=1S/C3H6N2O/c6-3-4-1-2-5-3/h1-2H2,(H2,4,5,6)/i/hD. The second-order valence-corrected chi connectivity index (χ2v) is 1.11. The Balaban J connectivity index is 2.48. The van der Waals surface area contributed by atoms with Crippen molar-refractivity contribution < 1.29 is 6.21 Å². The molecule has 0 aromatic carbocycles. The molecule has 0 saturated carbocycles. The summed E-state index contributed by atoms with van der Waals surface area (Å²) in [7, 11) is 0. The molecule has 1 fully saturated rings. The van der Waals surface area contributed by atoms with Crippen LogP contribution >= 0.6 is 0 Å². The second kappa shape index (κ2) is 1.16. The highest BCUT2D eigenvalue weighted by molar-refractivity contribution is 5.75. The van der Waals surface area contributed by atoms with Crippen molar-refractivity contribution in [1.29, 1.82) is 0 Å². The number of carbonyl (C=O) groups excluding carboxylic acids is 1. The lowest BCUT2D eigenvalue weighted by Gasteiger charge is -1.80. The quantitative estimate of drug-likeness (QED) is 0.403. The van der Waals surface area contributed by atoms with Gasteiger partial charge in [-0.05, 0) is 0 Å². The first-order valence-corrected chi connectivity index (χ1v) is 1.85. The van der Waals surface area contributed by atoms with E-state index < -0.39 is 0 Å². The third-order valence-electron chi connectivity index (χ3n) is 0.643. The summed E-state index contributed by atoms with van der Waals surface area (Å²) in [6.45, 7) is 1.13. The fourth-order valence-corrected chi connectivity index (χ4v) is 0.376. The predicted molar refractivity (Wildman–Crippen MR) is 21.4 cm³/mol. The minimum Gasteiger partial charge on any atom is -0.336 e. The van der Waals surface area contributed by atoms with Crippen molar-refractivity contribution in [2.24, 2.45) is 0 Å². The Kier molecular flexibility index (Phi) is 0.473. The van der Waals surface area contributed by atoms with Crippen molar-refractivity contribution in [2.45, 2.75) is 0 Å². The van der Waals surface area contributed by atoms with E-state index in [0.29, 0.717) is 13.1 Å². The average molecular weight is 87.1 g/mol. The molecule has 0 aromatic heterocycles. The van der Waals surface area contributed by atoms with E-state index in [4.69, 9.17) is 1.41 Å². The van der Waals surface area contributed by atoms with E-state index in [0.717, 1.165) is 5.31 Å². The van der Waals surface area contributed by atoms with Gasteiger partial charge in [-0.25, -0.2) is 4.79 Å². The summed E-state index contributed by atoms with van der Waals surface area (Å²) in [5.74, 6) is 0. The number of hydrogen-bond acceptors (Lipinski definition) is 1. The Morgan fingerprint density at radius 1 is 1.83 bits per heavy atom. The van der Waals surface area contributed by atoms with Crippen molar-refractivity contribution in [3.05, 3.63) is 0 Å². The molecule has 3 heteroatoms. The Labute approximate surface area is 37.2 Å². The molecule has 1 saturated heterocycles. The molecule has 0 spiro atoms. The Hall–Kier alpha value is -0.730. The molecular weight excluding hydrogens is 80.0 g/mol. The van der Waals surface area contributed by atoms with E-state index >= 15 is 0 Å².